The second-order valence-corrected chi connectivity index (χ2v) is 8.80. The minimum Gasteiger partial charge on any atom is -0.393 e. The number of nitrogens with zero attached hydrogens (tertiary/aromatic N) is 1. The Kier molecular flexibility index (Phi) is 11.4. The van der Waals surface area contributed by atoms with Gasteiger partial charge >= 0.3 is 12.0 Å². The Morgan fingerprint density at radius 1 is 0.805 bits per heavy atom. The van der Waals surface area contributed by atoms with Crippen molar-refractivity contribution in [2.75, 3.05) is 31.1 Å². The Morgan fingerprint density at radius 3 is 2.10 bits per heavy atom. The van der Waals surface area contributed by atoms with Gasteiger partial charge in [-0.05, 0) is 23.8 Å². The van der Waals surface area contributed by atoms with Crippen molar-refractivity contribution >= 4 is 64.3 Å². The number of benzene rings is 2. The lowest BCUT2D eigenvalue weighted by atomic mass is 10.0. The Bertz CT molecular complexity index is 1410. The van der Waals surface area contributed by atoms with Gasteiger partial charge in [-0.25, -0.2) is 9.59 Å². The molecule has 1 atom stereocenters. The van der Waals surface area contributed by atoms with Crippen LogP contribution in [0.25, 0.3) is 0 Å². The highest BCUT2D eigenvalue weighted by molar-refractivity contribution is 14.1. The minimum atomic E-state index is -1.97. The third kappa shape index (κ3) is 9.47. The van der Waals surface area contributed by atoms with Crippen LogP contribution in [0.1, 0.15) is 16.7 Å². The van der Waals surface area contributed by atoms with E-state index in [0.29, 0.717) is 11.3 Å². The number of carbonyl (C=O) groups excluding carboxylic acids is 6. The number of rotatable bonds is 10. The zero-order valence-electron chi connectivity index (χ0n) is 21.4. The molecule has 0 bridgehead atoms. The van der Waals surface area contributed by atoms with Crippen molar-refractivity contribution in [2.24, 2.45) is 0 Å². The summed E-state index contributed by atoms with van der Waals surface area (Å²) in [7, 11) is 0. The van der Waals surface area contributed by atoms with E-state index in [1.165, 1.54) is 27.9 Å². The molecule has 1 aliphatic rings. The molecule has 3 rings (SSSR count). The number of urea groups is 1. The predicted octanol–water partition coefficient (Wildman–Crippen LogP) is -1.21. The average Bonchev–Trinajstić information content (AvgIpc) is 2.97. The van der Waals surface area contributed by atoms with Gasteiger partial charge in [0.05, 0.1) is 31.9 Å². The number of hydrogen-bond acceptors (Lipinski definition) is 8. The number of halogens is 1. The molecule has 0 saturated heterocycles. The van der Waals surface area contributed by atoms with Crippen molar-refractivity contribution in [1.29, 1.82) is 0 Å². The molecule has 0 radical (unpaired) electrons. The molecule has 1 aliphatic heterocycles. The first-order valence-electron chi connectivity index (χ1n) is 12.0. The largest absolute Gasteiger partial charge is 0.393 e. The number of carbonyl (C=O) groups is 6. The van der Waals surface area contributed by atoms with Crippen LogP contribution in [0.15, 0.2) is 48.5 Å². The van der Waals surface area contributed by atoms with E-state index in [1.807, 2.05) is 41.0 Å². The fourth-order valence-corrected chi connectivity index (χ4v) is 3.61. The van der Waals surface area contributed by atoms with E-state index in [2.05, 4.69) is 30.9 Å². The molecule has 0 fully saturated rings. The summed E-state index contributed by atoms with van der Waals surface area (Å²) in [5.74, 6) is 2.07. The first-order valence-corrected chi connectivity index (χ1v) is 12.9. The van der Waals surface area contributed by atoms with E-state index in [-0.39, 0.29) is 6.54 Å². The van der Waals surface area contributed by atoms with Gasteiger partial charge in [0.2, 0.25) is 23.9 Å². The summed E-state index contributed by atoms with van der Waals surface area (Å²) < 4.78 is 4.30. The lowest BCUT2D eigenvalue weighted by Gasteiger charge is -2.26. The van der Waals surface area contributed by atoms with Gasteiger partial charge in [-0.1, -0.05) is 42.2 Å². The zero-order valence-corrected chi connectivity index (χ0v) is 23.5. The van der Waals surface area contributed by atoms with E-state index in [9.17, 15) is 33.9 Å². The third-order valence-electron chi connectivity index (χ3n) is 5.45. The Morgan fingerprint density at radius 2 is 1.39 bits per heavy atom. The number of hydrogen-bond donors (Lipinski definition) is 6. The maximum atomic E-state index is 13.1. The summed E-state index contributed by atoms with van der Waals surface area (Å²) in [4.78, 5) is 73.2. The van der Waals surface area contributed by atoms with Crippen molar-refractivity contribution in [3.05, 3.63) is 65.2 Å². The normalized spacial score (nSPS) is 11.9. The molecule has 6 amide bonds. The molecule has 214 valence electrons. The van der Waals surface area contributed by atoms with Gasteiger partial charge in [-0.15, -0.1) is 0 Å². The summed E-state index contributed by atoms with van der Waals surface area (Å²) >= 11 is 1.32. The van der Waals surface area contributed by atoms with E-state index in [0.717, 1.165) is 11.1 Å². The molecule has 15 heteroatoms. The maximum absolute atomic E-state index is 13.1. The molecule has 2 aromatic rings. The first kappa shape index (κ1) is 30.8. The number of para-hydroxylation sites is 1. The van der Waals surface area contributed by atoms with Crippen molar-refractivity contribution < 1.29 is 36.9 Å². The van der Waals surface area contributed by atoms with E-state index < -0.39 is 68.0 Å². The summed E-state index contributed by atoms with van der Waals surface area (Å²) in [6, 6.07) is 14.0. The Hall–Kier alpha value is -4.69. The van der Waals surface area contributed by atoms with Gasteiger partial charge in [0.15, 0.2) is 23.0 Å². The number of nitrogens with one attached hydrogen (secondary N) is 5. The molecule has 0 aromatic heterocycles. The summed E-state index contributed by atoms with van der Waals surface area (Å²) in [6.45, 7) is -1.82. The lowest BCUT2D eigenvalue weighted by molar-refractivity contribution is -0.139. The van der Waals surface area contributed by atoms with Gasteiger partial charge in [0, 0.05) is 11.1 Å². The van der Waals surface area contributed by atoms with Crippen molar-refractivity contribution in [3.63, 3.8) is 0 Å². The number of aliphatic hydroxyl groups excluding tert-OH is 1. The highest BCUT2D eigenvalue weighted by Gasteiger charge is 2.22. The summed E-state index contributed by atoms with van der Waals surface area (Å²) in [5.41, 5.74) is 2.85. The Balaban J connectivity index is 1.43. The molecule has 0 aliphatic carbocycles. The number of fused-ring (bicyclic) bond motifs is 2. The lowest BCUT2D eigenvalue weighted by Crippen LogP contribution is -2.51. The highest BCUT2D eigenvalue weighted by Crippen LogP contribution is 2.25. The monoisotopic (exact) mass is 676 g/mol. The van der Waals surface area contributed by atoms with Crippen molar-refractivity contribution in [3.8, 4) is 11.8 Å². The fraction of sp³-hybridized carbons (Fsp3) is 0.231. The Labute approximate surface area is 248 Å². The second-order valence-electron chi connectivity index (χ2n) is 8.36. The molecule has 0 spiro atoms. The van der Waals surface area contributed by atoms with Gasteiger partial charge in [-0.3, -0.25) is 24.1 Å². The number of anilines is 1. The van der Waals surface area contributed by atoms with Crippen LogP contribution in [0.4, 0.5) is 10.5 Å². The molecule has 0 saturated carbocycles. The van der Waals surface area contributed by atoms with Gasteiger partial charge in [-0.2, -0.15) is 0 Å². The van der Waals surface area contributed by atoms with Gasteiger partial charge in [0.1, 0.15) is 6.54 Å². The third-order valence-corrected chi connectivity index (χ3v) is 5.94. The van der Waals surface area contributed by atoms with Crippen LogP contribution in [-0.2, 0) is 33.6 Å². The fourth-order valence-electron chi connectivity index (χ4n) is 3.45. The smallest absolute Gasteiger partial charge is 0.334 e. The molecule has 2 aromatic carbocycles. The first-order chi connectivity index (χ1) is 19.7. The molecular formula is C26H25IN6O8. The van der Waals surface area contributed by atoms with E-state index in [1.54, 1.807) is 18.2 Å². The number of amides is 6. The van der Waals surface area contributed by atoms with Crippen LogP contribution in [0, 0.1) is 11.8 Å². The summed E-state index contributed by atoms with van der Waals surface area (Å²) in [6.07, 6.45) is -1.97. The molecule has 14 nitrogen and oxygen atoms in total. The SMILES string of the molecule is O=C(CNC(=O)CNC(=O)N1Cc2ccccc2C#Cc2ccccc21)NCC(=O)NC(O)C(=O)NCC(=O)OI. The van der Waals surface area contributed by atoms with Crippen molar-refractivity contribution in [2.45, 2.75) is 12.8 Å². The second kappa shape index (κ2) is 15.2. The topological polar surface area (TPSA) is 195 Å². The molecule has 6 N–H and O–H groups in total. The van der Waals surface area contributed by atoms with Crippen LogP contribution < -0.4 is 31.5 Å². The van der Waals surface area contributed by atoms with Gasteiger partial charge in [0.25, 0.3) is 5.91 Å². The maximum Gasteiger partial charge on any atom is 0.334 e. The van der Waals surface area contributed by atoms with Gasteiger partial charge < -0.3 is 34.8 Å². The minimum absolute atomic E-state index is 0.223. The molecule has 1 heterocycles. The van der Waals surface area contributed by atoms with E-state index >= 15 is 0 Å². The van der Waals surface area contributed by atoms with Crippen molar-refractivity contribution in [1.82, 2.24) is 26.6 Å². The standard InChI is InChI=1S/C26H25IN6O8/c27-41-23(37)14-30-24(38)25(39)32-22(36)13-29-20(34)11-28-21(35)12-31-26(40)33-15-18-7-2-1-5-16(18)9-10-17-6-3-4-8-19(17)33/h1-8,25,39H,11-15H2,(H,28,35)(H,29,34)(H,30,38)(H,31,40)(H,32,36). The summed E-state index contributed by atoms with van der Waals surface area (Å²) in [5, 5.41) is 20.6. The quantitative estimate of drug-likeness (QED) is 0.103. The number of aliphatic hydroxyl groups is 1. The molecule has 1 unspecified atom stereocenters. The highest BCUT2D eigenvalue weighted by atomic mass is 127. The predicted molar refractivity (Wildman–Crippen MR) is 152 cm³/mol. The average molecular weight is 676 g/mol. The van der Waals surface area contributed by atoms with Crippen LogP contribution >= 0.6 is 23.0 Å². The van der Waals surface area contributed by atoms with E-state index in [4.69, 9.17) is 0 Å². The van der Waals surface area contributed by atoms with Crippen LogP contribution in [-0.4, -0.2) is 73.1 Å². The zero-order chi connectivity index (χ0) is 29.8. The van der Waals surface area contributed by atoms with Crippen LogP contribution in [0.2, 0.25) is 0 Å². The van der Waals surface area contributed by atoms with Crippen LogP contribution in [0.3, 0.4) is 0 Å². The molecule has 41 heavy (non-hydrogen) atoms. The van der Waals surface area contributed by atoms with Crippen LogP contribution in [0.5, 0.6) is 0 Å². The molecular weight excluding hydrogens is 651 g/mol.